The van der Waals surface area contributed by atoms with E-state index in [4.69, 9.17) is 27.9 Å². The predicted molar refractivity (Wildman–Crippen MR) is 100 cm³/mol. The van der Waals surface area contributed by atoms with Crippen molar-refractivity contribution in [1.29, 1.82) is 0 Å². The lowest BCUT2D eigenvalue weighted by molar-refractivity contribution is 0.104. The zero-order valence-electron chi connectivity index (χ0n) is 13.6. The lowest BCUT2D eigenvalue weighted by Crippen LogP contribution is -2.19. The molecule has 5 heteroatoms. The Balaban J connectivity index is 1.97. The van der Waals surface area contributed by atoms with Crippen LogP contribution in [0.5, 0.6) is 5.75 Å². The van der Waals surface area contributed by atoms with Crippen molar-refractivity contribution in [3.05, 3.63) is 69.7 Å². The fourth-order valence-electron chi connectivity index (χ4n) is 1.97. The van der Waals surface area contributed by atoms with E-state index in [1.54, 1.807) is 24.3 Å². The van der Waals surface area contributed by atoms with Crippen molar-refractivity contribution >= 4 is 35.1 Å². The first-order valence-corrected chi connectivity index (χ1v) is 8.26. The number of nitrogens with zero attached hydrogens (tertiary/aromatic N) is 1. The highest BCUT2D eigenvalue weighted by Gasteiger charge is 2.07. The van der Waals surface area contributed by atoms with Crippen molar-refractivity contribution in [2.75, 3.05) is 27.2 Å². The van der Waals surface area contributed by atoms with Gasteiger partial charge in [-0.15, -0.1) is 0 Å². The maximum atomic E-state index is 12.2. The molecule has 0 aliphatic heterocycles. The summed E-state index contributed by atoms with van der Waals surface area (Å²) >= 11 is 11.9. The van der Waals surface area contributed by atoms with Crippen molar-refractivity contribution in [3.63, 3.8) is 0 Å². The molecule has 2 aromatic carbocycles. The second kappa shape index (κ2) is 8.88. The van der Waals surface area contributed by atoms with Crippen LogP contribution in [0.25, 0.3) is 6.08 Å². The molecule has 0 atom stereocenters. The van der Waals surface area contributed by atoms with Gasteiger partial charge in [0.15, 0.2) is 5.78 Å². The standard InChI is InChI=1S/C19H19Cl2NO2/c1-22(2)11-12-24-16-7-3-14(4-8-16)5-10-19(23)17-9-6-15(20)13-18(17)21/h3-10,13H,11-12H2,1-2H3. The summed E-state index contributed by atoms with van der Waals surface area (Å²) < 4.78 is 5.63. The Hall–Kier alpha value is -1.81. The molecule has 0 amide bonds. The fourth-order valence-corrected chi connectivity index (χ4v) is 2.47. The quantitative estimate of drug-likeness (QED) is 0.521. The van der Waals surface area contributed by atoms with Gasteiger partial charge in [0.05, 0.1) is 5.02 Å². The minimum absolute atomic E-state index is 0.164. The van der Waals surface area contributed by atoms with Crippen molar-refractivity contribution in [3.8, 4) is 5.75 Å². The molecular formula is C19H19Cl2NO2. The van der Waals surface area contributed by atoms with Gasteiger partial charge in [-0.3, -0.25) is 4.79 Å². The number of hydrogen-bond donors (Lipinski definition) is 0. The SMILES string of the molecule is CN(C)CCOc1ccc(C=CC(=O)c2ccc(Cl)cc2Cl)cc1. The van der Waals surface area contributed by atoms with Crippen molar-refractivity contribution < 1.29 is 9.53 Å². The van der Waals surface area contributed by atoms with Crippen molar-refractivity contribution in [2.45, 2.75) is 0 Å². The van der Waals surface area contributed by atoms with Crippen LogP contribution in [0, 0.1) is 0 Å². The lowest BCUT2D eigenvalue weighted by atomic mass is 10.1. The Morgan fingerprint density at radius 1 is 1.12 bits per heavy atom. The smallest absolute Gasteiger partial charge is 0.187 e. The Bertz CT molecular complexity index is 725. The van der Waals surface area contributed by atoms with Crippen LogP contribution in [0.15, 0.2) is 48.5 Å². The minimum Gasteiger partial charge on any atom is -0.492 e. The average Bonchev–Trinajstić information content (AvgIpc) is 2.53. The van der Waals surface area contributed by atoms with Gasteiger partial charge >= 0.3 is 0 Å². The molecule has 0 heterocycles. The molecule has 0 fully saturated rings. The van der Waals surface area contributed by atoms with E-state index in [2.05, 4.69) is 4.90 Å². The number of halogens is 2. The third-order valence-electron chi connectivity index (χ3n) is 3.31. The summed E-state index contributed by atoms with van der Waals surface area (Å²) in [4.78, 5) is 14.2. The average molecular weight is 364 g/mol. The molecule has 0 aromatic heterocycles. The van der Waals surface area contributed by atoms with Gasteiger partial charge in [-0.25, -0.2) is 0 Å². The lowest BCUT2D eigenvalue weighted by Gasteiger charge is -2.10. The van der Waals surface area contributed by atoms with Crippen LogP contribution < -0.4 is 4.74 Å². The van der Waals surface area contributed by atoms with E-state index in [9.17, 15) is 4.79 Å². The molecular weight excluding hydrogens is 345 g/mol. The van der Waals surface area contributed by atoms with Crippen LogP contribution in [0.3, 0.4) is 0 Å². The summed E-state index contributed by atoms with van der Waals surface area (Å²) in [7, 11) is 4.00. The van der Waals surface area contributed by atoms with E-state index in [0.717, 1.165) is 17.9 Å². The van der Waals surface area contributed by atoms with Gasteiger partial charge in [0.2, 0.25) is 0 Å². The number of allylic oxidation sites excluding steroid dienone is 1. The van der Waals surface area contributed by atoms with E-state index in [-0.39, 0.29) is 5.78 Å². The molecule has 0 saturated carbocycles. The summed E-state index contributed by atoms with van der Waals surface area (Å²) in [5.74, 6) is 0.643. The molecule has 24 heavy (non-hydrogen) atoms. The molecule has 0 spiro atoms. The van der Waals surface area contributed by atoms with Crippen molar-refractivity contribution in [2.24, 2.45) is 0 Å². The molecule has 0 unspecified atom stereocenters. The Morgan fingerprint density at radius 2 is 1.83 bits per heavy atom. The first kappa shape index (κ1) is 18.5. The van der Waals surface area contributed by atoms with Gasteiger partial charge in [-0.05, 0) is 56.1 Å². The fraction of sp³-hybridized carbons (Fsp3) is 0.211. The maximum absolute atomic E-state index is 12.2. The van der Waals surface area contributed by atoms with E-state index in [0.29, 0.717) is 22.2 Å². The second-order valence-corrected chi connectivity index (χ2v) is 6.39. The summed E-state index contributed by atoms with van der Waals surface area (Å²) in [6.07, 6.45) is 3.24. The molecule has 0 bridgehead atoms. The van der Waals surface area contributed by atoms with Crippen LogP contribution in [0.2, 0.25) is 10.0 Å². The summed E-state index contributed by atoms with van der Waals surface area (Å²) in [5.41, 5.74) is 1.34. The first-order valence-electron chi connectivity index (χ1n) is 7.51. The largest absolute Gasteiger partial charge is 0.492 e. The maximum Gasteiger partial charge on any atom is 0.187 e. The van der Waals surface area contributed by atoms with Gasteiger partial charge in [0.1, 0.15) is 12.4 Å². The van der Waals surface area contributed by atoms with E-state index < -0.39 is 0 Å². The minimum atomic E-state index is -0.164. The van der Waals surface area contributed by atoms with Crippen molar-refractivity contribution in [1.82, 2.24) is 4.90 Å². The second-order valence-electron chi connectivity index (χ2n) is 5.54. The highest BCUT2D eigenvalue weighted by Crippen LogP contribution is 2.22. The van der Waals surface area contributed by atoms with Gasteiger partial charge in [0.25, 0.3) is 0 Å². The highest BCUT2D eigenvalue weighted by atomic mass is 35.5. The number of benzene rings is 2. The van der Waals surface area contributed by atoms with Gasteiger partial charge in [-0.2, -0.15) is 0 Å². The number of carbonyl (C=O) groups excluding carboxylic acids is 1. The zero-order valence-corrected chi connectivity index (χ0v) is 15.1. The van der Waals surface area contributed by atoms with E-state index in [1.165, 1.54) is 6.08 Å². The Morgan fingerprint density at radius 3 is 2.46 bits per heavy atom. The summed E-state index contributed by atoms with van der Waals surface area (Å²) in [6.45, 7) is 1.49. The molecule has 0 N–H and O–H groups in total. The normalized spacial score (nSPS) is 11.2. The van der Waals surface area contributed by atoms with Crippen LogP contribution in [0.1, 0.15) is 15.9 Å². The molecule has 0 radical (unpaired) electrons. The van der Waals surface area contributed by atoms with Crippen LogP contribution in [-0.4, -0.2) is 37.9 Å². The molecule has 0 saturated heterocycles. The number of ether oxygens (including phenoxy) is 1. The molecule has 2 aromatic rings. The number of rotatable bonds is 7. The molecule has 3 nitrogen and oxygen atoms in total. The van der Waals surface area contributed by atoms with Gasteiger partial charge < -0.3 is 9.64 Å². The number of hydrogen-bond acceptors (Lipinski definition) is 3. The van der Waals surface area contributed by atoms with Crippen LogP contribution in [-0.2, 0) is 0 Å². The summed E-state index contributed by atoms with van der Waals surface area (Å²) in [5, 5.41) is 0.854. The highest BCUT2D eigenvalue weighted by molar-refractivity contribution is 6.37. The molecule has 0 aliphatic rings. The topological polar surface area (TPSA) is 29.5 Å². The third-order valence-corrected chi connectivity index (χ3v) is 3.86. The molecule has 0 aliphatic carbocycles. The monoisotopic (exact) mass is 363 g/mol. The molecule has 126 valence electrons. The third kappa shape index (κ3) is 5.68. The van der Waals surface area contributed by atoms with Gasteiger partial charge in [0, 0.05) is 17.1 Å². The van der Waals surface area contributed by atoms with Crippen LogP contribution >= 0.6 is 23.2 Å². The van der Waals surface area contributed by atoms with E-state index in [1.807, 2.05) is 38.4 Å². The zero-order chi connectivity index (χ0) is 17.5. The Kier molecular flexibility index (Phi) is 6.85. The Labute approximate surface area is 152 Å². The van der Waals surface area contributed by atoms with Gasteiger partial charge in [-0.1, -0.05) is 41.4 Å². The number of carbonyl (C=O) groups is 1. The van der Waals surface area contributed by atoms with E-state index >= 15 is 0 Å². The van der Waals surface area contributed by atoms with Crippen LogP contribution in [0.4, 0.5) is 0 Å². The molecule has 2 rings (SSSR count). The summed E-state index contributed by atoms with van der Waals surface area (Å²) in [6, 6.07) is 12.4. The predicted octanol–water partition coefficient (Wildman–Crippen LogP) is 4.83. The first-order chi connectivity index (χ1) is 11.5. The number of ketones is 1. The number of likely N-dealkylation sites (N-methyl/N-ethyl adjacent to an activating group) is 1.